The van der Waals surface area contributed by atoms with Crippen LogP contribution in [0.3, 0.4) is 0 Å². The molecule has 2 aliphatic rings. The zero-order valence-corrected chi connectivity index (χ0v) is 15.6. The molecule has 0 unspecified atom stereocenters. The number of aryl methyl sites for hydroxylation is 1. The first kappa shape index (κ1) is 17.1. The van der Waals surface area contributed by atoms with E-state index in [1.165, 1.54) is 0 Å². The molecule has 2 N–H and O–H groups in total. The molecule has 4 rings (SSSR count). The van der Waals surface area contributed by atoms with Crippen molar-refractivity contribution in [3.05, 3.63) is 33.3 Å². The Hall–Kier alpha value is -2.38. The highest BCUT2D eigenvalue weighted by Gasteiger charge is 2.37. The standard InChI is InChI=1S/C18H26N6O2/c1-10(2)8-14-17-19-16(12-4-5-12)22-24(17)7-6-23(14)15(25)9-13-11(3)20-21-18(13)26/h10,12,14H,4-9H2,1-3H3,(H2,20,21,26)/t14-/m0/s1. The van der Waals surface area contributed by atoms with Gasteiger partial charge in [0.15, 0.2) is 5.82 Å². The second kappa shape index (κ2) is 6.41. The maximum Gasteiger partial charge on any atom is 0.267 e. The molecule has 0 aromatic carbocycles. The Morgan fingerprint density at radius 1 is 1.27 bits per heavy atom. The maximum absolute atomic E-state index is 13.0. The van der Waals surface area contributed by atoms with E-state index < -0.39 is 0 Å². The summed E-state index contributed by atoms with van der Waals surface area (Å²) in [7, 11) is 0. The summed E-state index contributed by atoms with van der Waals surface area (Å²) in [4.78, 5) is 31.6. The fraction of sp³-hybridized carbons (Fsp3) is 0.667. The van der Waals surface area contributed by atoms with E-state index in [4.69, 9.17) is 4.98 Å². The Bertz CT molecular complexity index is 873. The van der Waals surface area contributed by atoms with Gasteiger partial charge in [-0.1, -0.05) is 13.8 Å². The van der Waals surface area contributed by atoms with E-state index in [-0.39, 0.29) is 23.9 Å². The Labute approximate surface area is 152 Å². The third-order valence-corrected chi connectivity index (χ3v) is 5.32. The number of fused-ring (bicyclic) bond motifs is 1. The monoisotopic (exact) mass is 358 g/mol. The summed E-state index contributed by atoms with van der Waals surface area (Å²) in [6, 6.07) is -0.0745. The van der Waals surface area contributed by atoms with Crippen molar-refractivity contribution in [3.63, 3.8) is 0 Å². The van der Waals surface area contributed by atoms with E-state index in [1.807, 2.05) is 9.58 Å². The van der Waals surface area contributed by atoms with Crippen LogP contribution < -0.4 is 5.56 Å². The van der Waals surface area contributed by atoms with Crippen molar-refractivity contribution in [2.24, 2.45) is 5.92 Å². The van der Waals surface area contributed by atoms with Crippen molar-refractivity contribution < 1.29 is 4.79 Å². The first-order valence-electron chi connectivity index (χ1n) is 9.44. The number of nitrogens with one attached hydrogen (secondary N) is 2. The summed E-state index contributed by atoms with van der Waals surface area (Å²) >= 11 is 0. The number of H-pyrrole nitrogens is 2. The molecular formula is C18H26N6O2. The Morgan fingerprint density at radius 3 is 2.65 bits per heavy atom. The van der Waals surface area contributed by atoms with Crippen LogP contribution in [-0.4, -0.2) is 42.3 Å². The molecule has 26 heavy (non-hydrogen) atoms. The predicted molar refractivity (Wildman–Crippen MR) is 95.8 cm³/mol. The Morgan fingerprint density at radius 2 is 2.04 bits per heavy atom. The summed E-state index contributed by atoms with van der Waals surface area (Å²) in [6.07, 6.45) is 3.28. The normalized spacial score (nSPS) is 19.8. The summed E-state index contributed by atoms with van der Waals surface area (Å²) in [6.45, 7) is 7.39. The van der Waals surface area contributed by atoms with Crippen LogP contribution in [0, 0.1) is 12.8 Å². The molecule has 2 aromatic heterocycles. The van der Waals surface area contributed by atoms with E-state index >= 15 is 0 Å². The zero-order chi connectivity index (χ0) is 18.4. The third kappa shape index (κ3) is 3.08. The minimum atomic E-state index is -0.215. The smallest absolute Gasteiger partial charge is 0.267 e. The molecule has 2 aromatic rings. The molecule has 1 fully saturated rings. The second-order valence-electron chi connectivity index (χ2n) is 7.92. The molecule has 8 nitrogen and oxygen atoms in total. The van der Waals surface area contributed by atoms with Gasteiger partial charge >= 0.3 is 0 Å². The number of rotatable bonds is 5. The number of carbonyl (C=O) groups excluding carboxylic acids is 1. The summed E-state index contributed by atoms with van der Waals surface area (Å²) in [5, 5.41) is 10.0. The van der Waals surface area contributed by atoms with Gasteiger partial charge in [0.1, 0.15) is 5.82 Å². The molecule has 8 heteroatoms. The van der Waals surface area contributed by atoms with Gasteiger partial charge < -0.3 is 10.00 Å². The van der Waals surface area contributed by atoms with Gasteiger partial charge in [-0.25, -0.2) is 9.67 Å². The SMILES string of the molecule is Cc1[nH][nH]c(=O)c1CC(=O)N1CCn2nc(C3CC3)nc2[C@@H]1CC(C)C. The minimum Gasteiger partial charge on any atom is -0.330 e. The highest BCUT2D eigenvalue weighted by molar-refractivity contribution is 5.79. The Balaban J connectivity index is 1.61. The topological polar surface area (TPSA) is 99.7 Å². The van der Waals surface area contributed by atoms with Crippen molar-refractivity contribution in [2.75, 3.05) is 6.54 Å². The van der Waals surface area contributed by atoms with Crippen LogP contribution in [0.5, 0.6) is 0 Å². The van der Waals surface area contributed by atoms with Gasteiger partial charge in [0.05, 0.1) is 19.0 Å². The van der Waals surface area contributed by atoms with Gasteiger partial charge in [0.2, 0.25) is 5.91 Å². The average molecular weight is 358 g/mol. The number of aromatic amines is 2. The van der Waals surface area contributed by atoms with Crippen LogP contribution in [0.1, 0.15) is 68.0 Å². The molecular weight excluding hydrogens is 332 g/mol. The molecule has 0 saturated heterocycles. The van der Waals surface area contributed by atoms with Crippen molar-refractivity contribution in [1.82, 2.24) is 29.9 Å². The van der Waals surface area contributed by atoms with Gasteiger partial charge in [-0.3, -0.25) is 14.7 Å². The number of hydrogen-bond donors (Lipinski definition) is 2. The molecule has 0 spiro atoms. The largest absolute Gasteiger partial charge is 0.330 e. The van der Waals surface area contributed by atoms with Crippen LogP contribution in [0.15, 0.2) is 4.79 Å². The number of hydrogen-bond acceptors (Lipinski definition) is 4. The highest BCUT2D eigenvalue weighted by Crippen LogP contribution is 2.40. The van der Waals surface area contributed by atoms with E-state index in [1.54, 1.807) is 6.92 Å². The lowest BCUT2D eigenvalue weighted by Crippen LogP contribution is -2.44. The highest BCUT2D eigenvalue weighted by atomic mass is 16.2. The quantitative estimate of drug-likeness (QED) is 0.849. The van der Waals surface area contributed by atoms with Crippen LogP contribution in [0.2, 0.25) is 0 Å². The minimum absolute atomic E-state index is 0.0222. The van der Waals surface area contributed by atoms with E-state index in [0.717, 1.165) is 36.6 Å². The second-order valence-corrected chi connectivity index (χ2v) is 7.92. The van der Waals surface area contributed by atoms with Crippen molar-refractivity contribution in [3.8, 4) is 0 Å². The summed E-state index contributed by atoms with van der Waals surface area (Å²) < 4.78 is 1.98. The zero-order valence-electron chi connectivity index (χ0n) is 15.6. The number of aromatic nitrogens is 5. The van der Waals surface area contributed by atoms with Gasteiger partial charge in [-0.15, -0.1) is 0 Å². The van der Waals surface area contributed by atoms with E-state index in [0.29, 0.717) is 30.5 Å². The van der Waals surface area contributed by atoms with Crippen molar-refractivity contribution in [1.29, 1.82) is 0 Å². The lowest BCUT2D eigenvalue weighted by atomic mass is 9.99. The summed E-state index contributed by atoms with van der Waals surface area (Å²) in [5.74, 6) is 2.74. The van der Waals surface area contributed by atoms with Crippen molar-refractivity contribution >= 4 is 5.91 Å². The molecule has 3 heterocycles. The van der Waals surface area contributed by atoms with Gasteiger partial charge in [-0.05, 0) is 32.1 Å². The van der Waals surface area contributed by atoms with Crippen LogP contribution in [0.4, 0.5) is 0 Å². The lowest BCUT2D eigenvalue weighted by Gasteiger charge is -2.36. The predicted octanol–water partition coefficient (Wildman–Crippen LogP) is 1.65. The maximum atomic E-state index is 13.0. The average Bonchev–Trinajstić information content (AvgIpc) is 3.28. The molecule has 1 aliphatic heterocycles. The molecule has 0 bridgehead atoms. The first-order valence-corrected chi connectivity index (χ1v) is 9.44. The fourth-order valence-corrected chi connectivity index (χ4v) is 3.71. The Kier molecular flexibility index (Phi) is 4.20. The number of carbonyl (C=O) groups is 1. The van der Waals surface area contributed by atoms with Crippen LogP contribution in [0.25, 0.3) is 0 Å². The van der Waals surface area contributed by atoms with Crippen LogP contribution >= 0.6 is 0 Å². The number of amides is 1. The number of nitrogens with zero attached hydrogens (tertiary/aromatic N) is 4. The lowest BCUT2D eigenvalue weighted by molar-refractivity contribution is -0.134. The molecule has 140 valence electrons. The fourth-order valence-electron chi connectivity index (χ4n) is 3.71. The van der Waals surface area contributed by atoms with Crippen molar-refractivity contribution in [2.45, 2.75) is 65.0 Å². The molecule has 1 saturated carbocycles. The molecule has 1 amide bonds. The van der Waals surface area contributed by atoms with E-state index in [2.05, 4.69) is 29.1 Å². The third-order valence-electron chi connectivity index (χ3n) is 5.32. The van der Waals surface area contributed by atoms with E-state index in [9.17, 15) is 9.59 Å². The summed E-state index contributed by atoms with van der Waals surface area (Å²) in [5.41, 5.74) is 1.02. The molecule has 1 atom stereocenters. The van der Waals surface area contributed by atoms with Gasteiger partial charge in [0.25, 0.3) is 5.56 Å². The van der Waals surface area contributed by atoms with Crippen LogP contribution in [-0.2, 0) is 17.8 Å². The molecule has 0 radical (unpaired) electrons. The van der Waals surface area contributed by atoms with Gasteiger partial charge in [-0.2, -0.15) is 5.10 Å². The van der Waals surface area contributed by atoms with Gasteiger partial charge in [0, 0.05) is 23.7 Å². The first-order chi connectivity index (χ1) is 12.4. The molecule has 1 aliphatic carbocycles.